The summed E-state index contributed by atoms with van der Waals surface area (Å²) in [7, 11) is -4.66. The molecule has 3 atom stereocenters. The average Bonchev–Trinajstić information content (AvgIpc) is 3.20. The number of phosphoric acid groups is 1. The molecule has 57 heavy (non-hydrogen) atoms. The molecule has 0 fully saturated rings. The van der Waals surface area contributed by atoms with E-state index in [1.807, 2.05) is 18.2 Å². The van der Waals surface area contributed by atoms with Crippen LogP contribution in [0.15, 0.2) is 122 Å². The number of ether oxygens (including phenoxy) is 2. The molecule has 0 saturated carbocycles. The number of carbonyl (C=O) groups is 2. The molecule has 0 aromatic carbocycles. The van der Waals surface area contributed by atoms with E-state index in [0.29, 0.717) is 12.8 Å². The largest absolute Gasteiger partial charge is 0.472 e. The van der Waals surface area contributed by atoms with Crippen molar-refractivity contribution in [2.75, 3.05) is 26.4 Å². The second-order valence-corrected chi connectivity index (χ2v) is 14.4. The molecule has 0 bridgehead atoms. The van der Waals surface area contributed by atoms with Gasteiger partial charge in [0.1, 0.15) is 12.7 Å². The fourth-order valence-corrected chi connectivity index (χ4v) is 5.35. The maximum atomic E-state index is 12.6. The summed E-state index contributed by atoms with van der Waals surface area (Å²) in [6.45, 7) is 1.96. The Labute approximate surface area is 343 Å². The van der Waals surface area contributed by atoms with E-state index in [1.165, 1.54) is 0 Å². The summed E-state index contributed by atoms with van der Waals surface area (Å²) in [6.07, 6.45) is 51.9. The summed E-state index contributed by atoms with van der Waals surface area (Å²) in [5.41, 5.74) is 0. The van der Waals surface area contributed by atoms with Crippen molar-refractivity contribution in [1.82, 2.24) is 0 Å². The second kappa shape index (κ2) is 40.6. The molecule has 3 N–H and O–H groups in total. The van der Waals surface area contributed by atoms with Gasteiger partial charge in [-0.3, -0.25) is 18.6 Å². The topological polar surface area (TPSA) is 149 Å². The van der Waals surface area contributed by atoms with Crippen molar-refractivity contribution in [3.63, 3.8) is 0 Å². The molecule has 320 valence electrons. The second-order valence-electron chi connectivity index (χ2n) is 12.9. The molecule has 0 heterocycles. The molecule has 0 spiro atoms. The van der Waals surface area contributed by atoms with Crippen molar-refractivity contribution in [3.8, 4) is 0 Å². The Morgan fingerprint density at radius 1 is 0.544 bits per heavy atom. The van der Waals surface area contributed by atoms with E-state index < -0.39 is 58.4 Å². The Hall–Kier alpha value is -3.63. The van der Waals surface area contributed by atoms with Gasteiger partial charge in [-0.2, -0.15) is 0 Å². The molecule has 0 saturated heterocycles. The minimum atomic E-state index is -4.66. The molecule has 0 aliphatic heterocycles. The van der Waals surface area contributed by atoms with E-state index in [4.69, 9.17) is 19.1 Å². The van der Waals surface area contributed by atoms with Gasteiger partial charge in [-0.1, -0.05) is 142 Å². The van der Waals surface area contributed by atoms with Gasteiger partial charge in [-0.15, -0.1) is 0 Å². The number of unbranched alkanes of at least 4 members (excludes halogenated alkanes) is 3. The van der Waals surface area contributed by atoms with Gasteiger partial charge in [0.05, 0.1) is 26.2 Å². The van der Waals surface area contributed by atoms with Crippen LogP contribution in [0.2, 0.25) is 0 Å². The molecular formula is C46H71O10P. The number of aliphatic hydroxyl groups excluding tert-OH is 2. The van der Waals surface area contributed by atoms with Crippen LogP contribution in [0.4, 0.5) is 0 Å². The van der Waals surface area contributed by atoms with Gasteiger partial charge in [0.25, 0.3) is 0 Å². The van der Waals surface area contributed by atoms with E-state index in [2.05, 4.69) is 116 Å². The molecule has 0 rings (SSSR count). The summed E-state index contributed by atoms with van der Waals surface area (Å²) in [5.74, 6) is -1.13. The molecule has 11 heteroatoms. The average molecular weight is 815 g/mol. The first kappa shape index (κ1) is 53.4. The summed E-state index contributed by atoms with van der Waals surface area (Å²) in [4.78, 5) is 34.9. The highest BCUT2D eigenvalue weighted by Gasteiger charge is 2.27. The van der Waals surface area contributed by atoms with Crippen LogP contribution in [-0.2, 0) is 32.7 Å². The fraction of sp³-hybridized carbons (Fsp3) is 0.522. The van der Waals surface area contributed by atoms with Crippen molar-refractivity contribution in [1.29, 1.82) is 0 Å². The minimum Gasteiger partial charge on any atom is -0.461 e. The Balaban J connectivity index is 4.55. The normalized spacial score (nSPS) is 15.1. The number of carbonyl (C=O) groups excluding carboxylic acids is 2. The van der Waals surface area contributed by atoms with E-state index >= 15 is 0 Å². The molecule has 0 aromatic rings. The van der Waals surface area contributed by atoms with Crippen LogP contribution < -0.4 is 0 Å². The zero-order valence-corrected chi connectivity index (χ0v) is 35.4. The lowest BCUT2D eigenvalue weighted by atomic mass is 10.1. The van der Waals surface area contributed by atoms with Gasteiger partial charge >= 0.3 is 19.8 Å². The third-order valence-electron chi connectivity index (χ3n) is 7.64. The Morgan fingerprint density at radius 2 is 0.965 bits per heavy atom. The molecule has 0 aliphatic carbocycles. The lowest BCUT2D eigenvalue weighted by molar-refractivity contribution is -0.160. The van der Waals surface area contributed by atoms with Crippen molar-refractivity contribution in [2.24, 2.45) is 0 Å². The fourth-order valence-electron chi connectivity index (χ4n) is 4.56. The molecule has 0 amide bonds. The van der Waals surface area contributed by atoms with Gasteiger partial charge in [0, 0.05) is 6.42 Å². The highest BCUT2D eigenvalue weighted by molar-refractivity contribution is 7.47. The summed E-state index contributed by atoms with van der Waals surface area (Å²) >= 11 is 0. The number of aliphatic hydroxyl groups is 2. The number of hydrogen-bond donors (Lipinski definition) is 3. The first-order valence-corrected chi connectivity index (χ1v) is 22.0. The third kappa shape index (κ3) is 40.4. The number of rotatable bonds is 36. The lowest BCUT2D eigenvalue weighted by Gasteiger charge is -2.20. The van der Waals surface area contributed by atoms with E-state index in [0.717, 1.165) is 77.0 Å². The smallest absolute Gasteiger partial charge is 0.461 e. The van der Waals surface area contributed by atoms with Crippen LogP contribution in [0.1, 0.15) is 117 Å². The van der Waals surface area contributed by atoms with Gasteiger partial charge in [0.15, 0.2) is 6.10 Å². The molecule has 10 nitrogen and oxygen atoms in total. The van der Waals surface area contributed by atoms with Gasteiger partial charge in [-0.25, -0.2) is 4.57 Å². The van der Waals surface area contributed by atoms with E-state index in [-0.39, 0.29) is 12.8 Å². The molecular weight excluding hydrogens is 743 g/mol. The number of allylic oxidation sites excluding steroid dienone is 19. The first-order chi connectivity index (χ1) is 27.7. The van der Waals surface area contributed by atoms with Crippen molar-refractivity contribution >= 4 is 19.8 Å². The quantitative estimate of drug-likeness (QED) is 0.0241. The monoisotopic (exact) mass is 814 g/mol. The summed E-state index contributed by atoms with van der Waals surface area (Å²) < 4.78 is 32.5. The van der Waals surface area contributed by atoms with Gasteiger partial charge < -0.3 is 24.6 Å². The lowest BCUT2D eigenvalue weighted by Crippen LogP contribution is -2.29. The zero-order chi connectivity index (χ0) is 41.9. The van der Waals surface area contributed by atoms with Gasteiger partial charge in [0.2, 0.25) is 0 Å². The van der Waals surface area contributed by atoms with Crippen LogP contribution in [0.25, 0.3) is 0 Å². The van der Waals surface area contributed by atoms with Crippen LogP contribution >= 0.6 is 7.82 Å². The minimum absolute atomic E-state index is 0.00636. The number of esters is 2. The summed E-state index contributed by atoms with van der Waals surface area (Å²) in [5, 5.41) is 18.3. The third-order valence-corrected chi connectivity index (χ3v) is 8.60. The van der Waals surface area contributed by atoms with Crippen LogP contribution in [0.3, 0.4) is 0 Å². The van der Waals surface area contributed by atoms with Crippen molar-refractivity contribution in [3.05, 3.63) is 122 Å². The van der Waals surface area contributed by atoms with Crippen LogP contribution in [0.5, 0.6) is 0 Å². The number of hydrogen-bond acceptors (Lipinski definition) is 9. The Morgan fingerprint density at radius 3 is 1.42 bits per heavy atom. The summed E-state index contributed by atoms with van der Waals surface area (Å²) in [6, 6.07) is 0. The maximum absolute atomic E-state index is 12.6. The predicted molar refractivity (Wildman–Crippen MR) is 232 cm³/mol. The highest BCUT2D eigenvalue weighted by atomic mass is 31.2. The van der Waals surface area contributed by atoms with Crippen molar-refractivity contribution < 1.29 is 47.8 Å². The predicted octanol–water partition coefficient (Wildman–Crippen LogP) is 10.8. The first-order valence-electron chi connectivity index (χ1n) is 20.5. The Kier molecular flexibility index (Phi) is 38.0. The van der Waals surface area contributed by atoms with E-state index in [1.54, 1.807) is 6.08 Å². The molecule has 0 radical (unpaired) electrons. The van der Waals surface area contributed by atoms with E-state index in [9.17, 15) is 24.2 Å². The molecule has 3 unspecified atom stereocenters. The SMILES string of the molecule is CC/C=C\C/C=C\C/C=C\C/C=C\C/C=C\CCCCCC(=O)OC(COC(=O)C/C=C\C/C=C\C/C=C\C/C=C\C/C=C\CC)COP(=O)(O)OCC(O)CO. The van der Waals surface area contributed by atoms with Crippen LogP contribution in [-0.4, -0.2) is 65.7 Å². The standard InChI is InChI=1S/C46H71O10P/c1-3-5-7-9-11-13-15-17-19-20-21-22-24-26-28-30-32-34-36-38-46(50)56-44(42-55-57(51,52)54-40-43(48)39-47)41-53-45(49)37-35-33-31-29-27-25-23-18-16-14-12-10-8-6-4-2/h5-8,11-14,17-19,21-23,26-29,33,35,43-44,47-48H,3-4,9-10,15-16,20,24-25,30-32,34,36-42H2,1-2H3,(H,51,52)/b7-5-,8-6-,13-11-,14-12-,19-17-,22-21-,23-18-,28-26-,29-27-,35-33-. The van der Waals surface area contributed by atoms with Crippen LogP contribution in [0, 0.1) is 0 Å². The number of phosphoric ester groups is 1. The molecule has 0 aliphatic rings. The molecule has 0 aromatic heterocycles. The maximum Gasteiger partial charge on any atom is 0.472 e. The highest BCUT2D eigenvalue weighted by Crippen LogP contribution is 2.43. The zero-order valence-electron chi connectivity index (χ0n) is 34.5. The Bertz CT molecular complexity index is 1350. The van der Waals surface area contributed by atoms with Gasteiger partial charge in [-0.05, 0) is 83.5 Å². The van der Waals surface area contributed by atoms with Crippen molar-refractivity contribution in [2.45, 2.75) is 129 Å².